The lowest BCUT2D eigenvalue weighted by molar-refractivity contribution is 1.54. The number of fused-ring (bicyclic) bond motifs is 2. The Balaban J connectivity index is 2.54. The van der Waals surface area contributed by atoms with E-state index in [2.05, 4.69) is 38.4 Å². The van der Waals surface area contributed by atoms with Crippen molar-refractivity contribution in [3.05, 3.63) is 40.2 Å². The Morgan fingerprint density at radius 2 is 2.07 bits per heavy atom. The van der Waals surface area contributed by atoms with Gasteiger partial charge in [0.2, 0.25) is 0 Å². The second-order valence-corrected chi connectivity index (χ2v) is 4.83. The van der Waals surface area contributed by atoms with Crippen LogP contribution in [0.3, 0.4) is 0 Å². The SMILES string of the molecule is Brc1csc2nc3ccccc3cc12. The van der Waals surface area contributed by atoms with Gasteiger partial charge in [0.05, 0.1) is 5.52 Å². The first kappa shape index (κ1) is 8.38. The van der Waals surface area contributed by atoms with Crippen molar-refractivity contribution in [3.63, 3.8) is 0 Å². The van der Waals surface area contributed by atoms with Crippen LogP contribution in [0.4, 0.5) is 0 Å². The molecule has 0 spiro atoms. The molecule has 3 aromatic rings. The Morgan fingerprint density at radius 3 is 3.00 bits per heavy atom. The summed E-state index contributed by atoms with van der Waals surface area (Å²) in [5.74, 6) is 0. The molecule has 14 heavy (non-hydrogen) atoms. The van der Waals surface area contributed by atoms with E-state index in [1.165, 1.54) is 10.8 Å². The van der Waals surface area contributed by atoms with Crippen LogP contribution in [0.15, 0.2) is 40.2 Å². The second-order valence-electron chi connectivity index (χ2n) is 3.12. The molecule has 0 N–H and O–H groups in total. The molecular weight excluding hydrogens is 258 g/mol. The van der Waals surface area contributed by atoms with Crippen molar-refractivity contribution in [2.45, 2.75) is 0 Å². The minimum Gasteiger partial charge on any atom is -0.237 e. The van der Waals surface area contributed by atoms with Crippen molar-refractivity contribution in [1.82, 2.24) is 4.98 Å². The Kier molecular flexibility index (Phi) is 1.82. The van der Waals surface area contributed by atoms with E-state index in [-0.39, 0.29) is 0 Å². The number of benzene rings is 1. The summed E-state index contributed by atoms with van der Waals surface area (Å²) in [6, 6.07) is 10.4. The molecule has 0 radical (unpaired) electrons. The van der Waals surface area contributed by atoms with Gasteiger partial charge in [-0.1, -0.05) is 18.2 Å². The topological polar surface area (TPSA) is 12.9 Å². The average molecular weight is 264 g/mol. The number of pyridine rings is 1. The quantitative estimate of drug-likeness (QED) is 0.592. The second kappa shape index (κ2) is 3.04. The minimum atomic E-state index is 1.06. The summed E-state index contributed by atoms with van der Waals surface area (Å²) in [5, 5.41) is 4.48. The van der Waals surface area contributed by atoms with Crippen molar-refractivity contribution in [1.29, 1.82) is 0 Å². The Bertz CT molecular complexity index is 615. The van der Waals surface area contributed by atoms with E-state index in [0.717, 1.165) is 14.8 Å². The van der Waals surface area contributed by atoms with Crippen molar-refractivity contribution in [2.75, 3.05) is 0 Å². The highest BCUT2D eigenvalue weighted by atomic mass is 79.9. The number of hydrogen-bond acceptors (Lipinski definition) is 2. The van der Waals surface area contributed by atoms with Crippen molar-refractivity contribution in [2.24, 2.45) is 0 Å². The predicted octanol–water partition coefficient (Wildman–Crippen LogP) is 4.21. The summed E-state index contributed by atoms with van der Waals surface area (Å²) in [4.78, 5) is 5.68. The zero-order valence-electron chi connectivity index (χ0n) is 7.20. The zero-order valence-corrected chi connectivity index (χ0v) is 9.60. The molecule has 68 valence electrons. The fourth-order valence-corrected chi connectivity index (χ4v) is 3.03. The van der Waals surface area contributed by atoms with Gasteiger partial charge in [0.15, 0.2) is 0 Å². The Labute approximate surface area is 93.5 Å². The third kappa shape index (κ3) is 1.16. The van der Waals surface area contributed by atoms with Crippen molar-refractivity contribution in [3.8, 4) is 0 Å². The predicted molar refractivity (Wildman–Crippen MR) is 64.8 cm³/mol. The lowest BCUT2D eigenvalue weighted by Crippen LogP contribution is -1.77. The maximum atomic E-state index is 4.59. The van der Waals surface area contributed by atoms with Crippen LogP contribution in [-0.2, 0) is 0 Å². The molecule has 1 nitrogen and oxygen atoms in total. The zero-order chi connectivity index (χ0) is 9.54. The molecule has 0 amide bonds. The van der Waals surface area contributed by atoms with E-state index in [1.54, 1.807) is 11.3 Å². The number of thiophene rings is 1. The maximum Gasteiger partial charge on any atom is 0.125 e. The van der Waals surface area contributed by atoms with Gasteiger partial charge in [-0.25, -0.2) is 4.98 Å². The summed E-state index contributed by atoms with van der Waals surface area (Å²) >= 11 is 5.19. The molecular formula is C11H6BrNS. The van der Waals surface area contributed by atoms with Gasteiger partial charge in [0.25, 0.3) is 0 Å². The summed E-state index contributed by atoms with van der Waals surface area (Å²) < 4.78 is 1.13. The van der Waals surface area contributed by atoms with E-state index in [1.807, 2.05) is 18.2 Å². The number of hydrogen-bond donors (Lipinski definition) is 0. The highest BCUT2D eigenvalue weighted by Gasteiger charge is 2.03. The summed E-state index contributed by atoms with van der Waals surface area (Å²) in [6.07, 6.45) is 0. The first-order valence-corrected chi connectivity index (χ1v) is 5.94. The van der Waals surface area contributed by atoms with Crippen LogP contribution in [-0.4, -0.2) is 4.98 Å². The molecule has 0 bridgehead atoms. The molecule has 2 aromatic heterocycles. The molecule has 0 saturated carbocycles. The normalized spacial score (nSPS) is 11.2. The average Bonchev–Trinajstić information content (AvgIpc) is 2.57. The third-order valence-electron chi connectivity index (χ3n) is 2.22. The molecule has 3 heteroatoms. The van der Waals surface area contributed by atoms with Crippen LogP contribution in [0, 0.1) is 0 Å². The molecule has 0 atom stereocenters. The fourth-order valence-electron chi connectivity index (χ4n) is 1.53. The molecule has 0 fully saturated rings. The van der Waals surface area contributed by atoms with Gasteiger partial charge in [0.1, 0.15) is 4.83 Å². The van der Waals surface area contributed by atoms with Crippen molar-refractivity contribution >= 4 is 48.4 Å². The number of halogens is 1. The largest absolute Gasteiger partial charge is 0.237 e. The standard InChI is InChI=1S/C11H6BrNS/c12-9-6-14-11-8(9)5-7-3-1-2-4-10(7)13-11/h1-6H. The van der Waals surface area contributed by atoms with Crippen LogP contribution >= 0.6 is 27.3 Å². The van der Waals surface area contributed by atoms with Gasteiger partial charge in [-0.05, 0) is 28.1 Å². The number of aromatic nitrogens is 1. The van der Waals surface area contributed by atoms with E-state index < -0.39 is 0 Å². The molecule has 0 saturated heterocycles. The molecule has 0 aliphatic heterocycles. The molecule has 1 aromatic carbocycles. The smallest absolute Gasteiger partial charge is 0.125 e. The van der Waals surface area contributed by atoms with Gasteiger partial charge in [-0.3, -0.25) is 0 Å². The highest BCUT2D eigenvalue weighted by molar-refractivity contribution is 9.10. The molecule has 3 rings (SSSR count). The highest BCUT2D eigenvalue weighted by Crippen LogP contribution is 2.31. The summed E-state index contributed by atoms with van der Waals surface area (Å²) in [6.45, 7) is 0. The summed E-state index contributed by atoms with van der Waals surface area (Å²) in [5.41, 5.74) is 1.06. The van der Waals surface area contributed by atoms with Gasteiger partial charge < -0.3 is 0 Å². The van der Waals surface area contributed by atoms with Gasteiger partial charge >= 0.3 is 0 Å². The first-order valence-electron chi connectivity index (χ1n) is 4.27. The fraction of sp³-hybridized carbons (Fsp3) is 0. The first-order chi connectivity index (χ1) is 6.84. The van der Waals surface area contributed by atoms with Crippen LogP contribution in [0.25, 0.3) is 21.1 Å². The Morgan fingerprint density at radius 1 is 1.21 bits per heavy atom. The van der Waals surface area contributed by atoms with E-state index in [9.17, 15) is 0 Å². The summed E-state index contributed by atoms with van der Waals surface area (Å²) in [7, 11) is 0. The van der Waals surface area contributed by atoms with E-state index in [0.29, 0.717) is 0 Å². The van der Waals surface area contributed by atoms with Crippen LogP contribution < -0.4 is 0 Å². The van der Waals surface area contributed by atoms with Gasteiger partial charge in [-0.15, -0.1) is 11.3 Å². The lowest BCUT2D eigenvalue weighted by atomic mass is 10.2. The van der Waals surface area contributed by atoms with Gasteiger partial charge in [0, 0.05) is 20.6 Å². The number of rotatable bonds is 0. The molecule has 2 heterocycles. The van der Waals surface area contributed by atoms with Gasteiger partial charge in [-0.2, -0.15) is 0 Å². The molecule has 0 aliphatic carbocycles. The Hall–Kier alpha value is -0.930. The molecule has 0 aliphatic rings. The van der Waals surface area contributed by atoms with Crippen LogP contribution in [0.5, 0.6) is 0 Å². The van der Waals surface area contributed by atoms with Crippen LogP contribution in [0.2, 0.25) is 0 Å². The van der Waals surface area contributed by atoms with E-state index >= 15 is 0 Å². The number of nitrogens with zero attached hydrogens (tertiary/aromatic N) is 1. The van der Waals surface area contributed by atoms with E-state index in [4.69, 9.17) is 0 Å². The maximum absolute atomic E-state index is 4.59. The van der Waals surface area contributed by atoms with Crippen molar-refractivity contribution < 1.29 is 0 Å². The minimum absolute atomic E-state index is 1.06. The molecule has 0 unspecified atom stereocenters. The third-order valence-corrected chi connectivity index (χ3v) is 4.07. The lowest BCUT2D eigenvalue weighted by Gasteiger charge is -1.96. The monoisotopic (exact) mass is 263 g/mol. The van der Waals surface area contributed by atoms with Crippen LogP contribution in [0.1, 0.15) is 0 Å². The number of para-hydroxylation sites is 1.